The Balaban J connectivity index is 2.14. The van der Waals surface area contributed by atoms with Crippen molar-refractivity contribution in [3.63, 3.8) is 0 Å². The van der Waals surface area contributed by atoms with E-state index in [1.165, 1.54) is 48.0 Å². The Labute approximate surface area is 121 Å². The molecule has 0 amide bonds. The van der Waals surface area contributed by atoms with Crippen LogP contribution in [0.1, 0.15) is 36.8 Å². The maximum absolute atomic E-state index is 2.32. The van der Waals surface area contributed by atoms with Crippen LogP contribution in [0.5, 0.6) is 0 Å². The van der Waals surface area contributed by atoms with Crippen LogP contribution in [-0.4, -0.2) is 0 Å². The van der Waals surface area contributed by atoms with Crippen LogP contribution in [0.15, 0.2) is 72.8 Å². The van der Waals surface area contributed by atoms with Gasteiger partial charge < -0.3 is 0 Å². The van der Waals surface area contributed by atoms with Crippen LogP contribution < -0.4 is 0 Å². The Morgan fingerprint density at radius 3 is 2.00 bits per heavy atom. The van der Waals surface area contributed by atoms with E-state index in [4.69, 9.17) is 0 Å². The summed E-state index contributed by atoms with van der Waals surface area (Å²) in [5.74, 6) is 0. The fraction of sp³-hybridized carbons (Fsp3) is 0.200. The van der Waals surface area contributed by atoms with E-state index in [9.17, 15) is 0 Å². The van der Waals surface area contributed by atoms with Gasteiger partial charge in [-0.25, -0.2) is 0 Å². The molecule has 0 aliphatic heterocycles. The van der Waals surface area contributed by atoms with Crippen LogP contribution in [0.25, 0.3) is 11.1 Å². The van der Waals surface area contributed by atoms with Crippen LogP contribution >= 0.6 is 0 Å². The van der Waals surface area contributed by atoms with Crippen molar-refractivity contribution in [2.45, 2.75) is 25.7 Å². The summed E-state index contributed by atoms with van der Waals surface area (Å²) >= 11 is 0. The Morgan fingerprint density at radius 1 is 0.650 bits per heavy atom. The maximum Gasteiger partial charge on any atom is -0.0149 e. The lowest BCUT2D eigenvalue weighted by Crippen LogP contribution is -1.94. The van der Waals surface area contributed by atoms with Gasteiger partial charge in [-0.2, -0.15) is 0 Å². The average Bonchev–Trinajstić information content (AvgIpc) is 2.49. The molecule has 0 saturated heterocycles. The number of hydrogen-bond acceptors (Lipinski definition) is 0. The largest absolute Gasteiger partial charge is 0.0839 e. The highest BCUT2D eigenvalue weighted by Gasteiger charge is 2.10. The monoisotopic (exact) mass is 260 g/mol. The molecule has 0 heterocycles. The second-order valence-corrected chi connectivity index (χ2v) is 5.27. The number of allylic oxidation sites excluding steroid dienone is 4. The molecule has 0 unspecified atom stereocenters. The minimum absolute atomic E-state index is 1.17. The quantitative estimate of drug-likeness (QED) is 0.647. The predicted octanol–water partition coefficient (Wildman–Crippen LogP) is 5.73. The SMILES string of the molecule is C1=C\C(c2ccccc2)=C(\c2ccccc2)CCCC/1. The summed E-state index contributed by atoms with van der Waals surface area (Å²) < 4.78 is 0. The molecule has 0 radical (unpaired) electrons. The van der Waals surface area contributed by atoms with Gasteiger partial charge in [-0.15, -0.1) is 0 Å². The number of hydrogen-bond donors (Lipinski definition) is 0. The topological polar surface area (TPSA) is 0 Å². The molecule has 0 saturated carbocycles. The molecule has 0 bridgehead atoms. The van der Waals surface area contributed by atoms with Crippen molar-refractivity contribution in [3.05, 3.63) is 83.9 Å². The van der Waals surface area contributed by atoms with Crippen molar-refractivity contribution in [1.29, 1.82) is 0 Å². The summed E-state index contributed by atoms with van der Waals surface area (Å²) in [6, 6.07) is 21.6. The van der Waals surface area contributed by atoms with Crippen molar-refractivity contribution in [2.75, 3.05) is 0 Å². The molecule has 20 heavy (non-hydrogen) atoms. The molecule has 0 aromatic heterocycles. The Morgan fingerprint density at radius 2 is 1.30 bits per heavy atom. The van der Waals surface area contributed by atoms with Crippen LogP contribution in [-0.2, 0) is 0 Å². The molecule has 0 atom stereocenters. The molecule has 2 aromatic carbocycles. The van der Waals surface area contributed by atoms with E-state index in [0.29, 0.717) is 0 Å². The standard InChI is InChI=1S/C20H20/c1-2-10-16-20(18-13-7-4-8-14-18)19(15-9-1)17-11-5-3-6-12-17/h3-9,11-15H,1-2,10,16H2/b15-9-,20-19-. The van der Waals surface area contributed by atoms with Crippen LogP contribution in [0.3, 0.4) is 0 Å². The van der Waals surface area contributed by atoms with Crippen molar-refractivity contribution >= 4 is 11.1 Å². The number of rotatable bonds is 2. The molecule has 0 N–H and O–H groups in total. The van der Waals surface area contributed by atoms with Gasteiger partial charge in [0, 0.05) is 0 Å². The maximum atomic E-state index is 2.32. The van der Waals surface area contributed by atoms with E-state index >= 15 is 0 Å². The van der Waals surface area contributed by atoms with Gasteiger partial charge in [-0.05, 0) is 48.0 Å². The lowest BCUT2D eigenvalue weighted by molar-refractivity contribution is 0.767. The first kappa shape index (κ1) is 12.9. The van der Waals surface area contributed by atoms with Gasteiger partial charge in [0.05, 0.1) is 0 Å². The lowest BCUT2D eigenvalue weighted by Gasteiger charge is -2.16. The minimum atomic E-state index is 1.17. The zero-order valence-electron chi connectivity index (χ0n) is 11.8. The normalized spacial score (nSPS) is 21.0. The van der Waals surface area contributed by atoms with Crippen molar-refractivity contribution in [3.8, 4) is 0 Å². The molecule has 1 aliphatic rings. The molecule has 100 valence electrons. The van der Waals surface area contributed by atoms with Gasteiger partial charge in [0.25, 0.3) is 0 Å². The van der Waals surface area contributed by atoms with E-state index in [1.54, 1.807) is 0 Å². The molecule has 0 spiro atoms. The van der Waals surface area contributed by atoms with Crippen LogP contribution in [0.4, 0.5) is 0 Å². The zero-order chi connectivity index (χ0) is 13.6. The third kappa shape index (κ3) is 2.91. The third-order valence-corrected chi connectivity index (χ3v) is 3.86. The predicted molar refractivity (Wildman–Crippen MR) is 87.3 cm³/mol. The van der Waals surface area contributed by atoms with Gasteiger partial charge in [0.2, 0.25) is 0 Å². The Hall–Kier alpha value is -2.08. The van der Waals surface area contributed by atoms with Gasteiger partial charge in [-0.3, -0.25) is 0 Å². The van der Waals surface area contributed by atoms with Gasteiger partial charge in [0.15, 0.2) is 0 Å². The average molecular weight is 260 g/mol. The fourth-order valence-corrected chi connectivity index (χ4v) is 2.83. The summed E-state index contributed by atoms with van der Waals surface area (Å²) in [5.41, 5.74) is 5.55. The molecule has 0 heteroatoms. The second kappa shape index (κ2) is 6.38. The molecule has 0 fully saturated rings. The van der Waals surface area contributed by atoms with Gasteiger partial charge in [-0.1, -0.05) is 72.8 Å². The zero-order valence-corrected chi connectivity index (χ0v) is 11.8. The summed E-state index contributed by atoms with van der Waals surface area (Å²) in [4.78, 5) is 0. The summed E-state index contributed by atoms with van der Waals surface area (Å²) in [6.07, 6.45) is 9.55. The second-order valence-electron chi connectivity index (χ2n) is 5.27. The summed E-state index contributed by atoms with van der Waals surface area (Å²) in [5, 5.41) is 0. The first-order valence-electron chi connectivity index (χ1n) is 7.46. The highest BCUT2D eigenvalue weighted by atomic mass is 14.1. The van der Waals surface area contributed by atoms with Crippen LogP contribution in [0.2, 0.25) is 0 Å². The number of benzene rings is 2. The van der Waals surface area contributed by atoms with Gasteiger partial charge >= 0.3 is 0 Å². The molecular formula is C20H20. The first-order chi connectivity index (χ1) is 9.95. The fourth-order valence-electron chi connectivity index (χ4n) is 2.83. The van der Waals surface area contributed by atoms with E-state index < -0.39 is 0 Å². The Kier molecular flexibility index (Phi) is 4.13. The van der Waals surface area contributed by atoms with Crippen molar-refractivity contribution in [1.82, 2.24) is 0 Å². The van der Waals surface area contributed by atoms with E-state index in [-0.39, 0.29) is 0 Å². The molecule has 0 nitrogen and oxygen atoms in total. The molecular weight excluding hydrogens is 240 g/mol. The molecule has 2 aromatic rings. The smallest absolute Gasteiger partial charge is 0.0149 e. The molecule has 3 rings (SSSR count). The highest BCUT2D eigenvalue weighted by Crippen LogP contribution is 2.33. The van der Waals surface area contributed by atoms with Crippen molar-refractivity contribution in [2.24, 2.45) is 0 Å². The summed E-state index contributed by atoms with van der Waals surface area (Å²) in [6.45, 7) is 0. The summed E-state index contributed by atoms with van der Waals surface area (Å²) in [7, 11) is 0. The van der Waals surface area contributed by atoms with Crippen LogP contribution in [0, 0.1) is 0 Å². The van der Waals surface area contributed by atoms with Gasteiger partial charge in [0.1, 0.15) is 0 Å². The van der Waals surface area contributed by atoms with E-state index in [0.717, 1.165) is 0 Å². The van der Waals surface area contributed by atoms with E-state index in [2.05, 4.69) is 72.8 Å². The third-order valence-electron chi connectivity index (χ3n) is 3.86. The lowest BCUT2D eigenvalue weighted by atomic mass is 9.89. The minimum Gasteiger partial charge on any atom is -0.0839 e. The van der Waals surface area contributed by atoms with Crippen molar-refractivity contribution < 1.29 is 0 Å². The highest BCUT2D eigenvalue weighted by molar-refractivity contribution is 5.95. The molecule has 1 aliphatic carbocycles. The Bertz CT molecular complexity index is 603. The van der Waals surface area contributed by atoms with E-state index in [1.807, 2.05) is 0 Å². The first-order valence-corrected chi connectivity index (χ1v) is 7.46.